The number of hydrogen-bond acceptors (Lipinski definition) is 2. The summed E-state index contributed by atoms with van der Waals surface area (Å²) in [7, 11) is -3.65. The van der Waals surface area contributed by atoms with E-state index in [9.17, 15) is 8.42 Å². The molecule has 0 spiro atoms. The van der Waals surface area contributed by atoms with Crippen molar-refractivity contribution in [3.8, 4) is 0 Å². The first-order valence-corrected chi connectivity index (χ1v) is 7.85. The smallest absolute Gasteiger partial charge is 0.208 e. The Kier molecular flexibility index (Phi) is 3.90. The molecular formula is C14H12Cl2O2S. The molecule has 0 heterocycles. The van der Waals surface area contributed by atoms with Crippen LogP contribution in [0.3, 0.4) is 0 Å². The van der Waals surface area contributed by atoms with Gasteiger partial charge in [0.05, 0.1) is 19.8 Å². The zero-order valence-electron chi connectivity index (χ0n) is 10.4. The van der Waals surface area contributed by atoms with Gasteiger partial charge in [0.2, 0.25) is 9.84 Å². The fourth-order valence-corrected chi connectivity index (χ4v) is 3.98. The van der Waals surface area contributed by atoms with E-state index in [2.05, 4.69) is 0 Å². The minimum absolute atomic E-state index is 0.0495. The van der Waals surface area contributed by atoms with Crippen LogP contribution in [0.1, 0.15) is 11.1 Å². The highest BCUT2D eigenvalue weighted by molar-refractivity contribution is 7.91. The highest BCUT2D eigenvalue weighted by Crippen LogP contribution is 2.36. The van der Waals surface area contributed by atoms with Crippen LogP contribution in [0.25, 0.3) is 0 Å². The largest absolute Gasteiger partial charge is 0.218 e. The second kappa shape index (κ2) is 5.16. The molecule has 0 N–H and O–H groups in total. The summed E-state index contributed by atoms with van der Waals surface area (Å²) in [5.74, 6) is 0. The normalized spacial score (nSPS) is 11.6. The van der Waals surface area contributed by atoms with Gasteiger partial charge in [-0.15, -0.1) is 0 Å². The summed E-state index contributed by atoms with van der Waals surface area (Å²) in [5, 5.41) is 0.366. The molecule has 100 valence electrons. The molecule has 5 heteroatoms. The first-order valence-electron chi connectivity index (χ1n) is 5.61. The predicted molar refractivity (Wildman–Crippen MR) is 77.8 cm³/mol. The van der Waals surface area contributed by atoms with Gasteiger partial charge in [-0.2, -0.15) is 0 Å². The summed E-state index contributed by atoms with van der Waals surface area (Å²) < 4.78 is 25.1. The predicted octanol–water partition coefficient (Wildman–Crippen LogP) is 4.44. The number of benzene rings is 2. The topological polar surface area (TPSA) is 34.1 Å². The summed E-state index contributed by atoms with van der Waals surface area (Å²) in [6.07, 6.45) is 0. The van der Waals surface area contributed by atoms with Crippen molar-refractivity contribution in [1.82, 2.24) is 0 Å². The van der Waals surface area contributed by atoms with Gasteiger partial charge in [-0.3, -0.25) is 0 Å². The fourth-order valence-electron chi connectivity index (χ4n) is 1.74. The molecule has 0 atom stereocenters. The van der Waals surface area contributed by atoms with E-state index in [4.69, 9.17) is 23.2 Å². The van der Waals surface area contributed by atoms with Gasteiger partial charge >= 0.3 is 0 Å². The van der Waals surface area contributed by atoms with Gasteiger partial charge in [-0.1, -0.05) is 41.4 Å². The van der Waals surface area contributed by atoms with E-state index in [1.807, 2.05) is 13.8 Å². The van der Waals surface area contributed by atoms with Crippen molar-refractivity contribution in [3.63, 3.8) is 0 Å². The summed E-state index contributed by atoms with van der Waals surface area (Å²) in [6, 6.07) is 9.73. The summed E-state index contributed by atoms with van der Waals surface area (Å²) in [6.45, 7) is 3.62. The van der Waals surface area contributed by atoms with Crippen molar-refractivity contribution in [2.75, 3.05) is 0 Å². The highest BCUT2D eigenvalue weighted by Gasteiger charge is 2.23. The second-order valence-electron chi connectivity index (χ2n) is 4.26. The molecule has 0 aliphatic heterocycles. The van der Waals surface area contributed by atoms with Gasteiger partial charge in [-0.05, 0) is 43.2 Å². The van der Waals surface area contributed by atoms with Crippen molar-refractivity contribution < 1.29 is 8.42 Å². The molecule has 0 radical (unpaired) electrons. The lowest BCUT2D eigenvalue weighted by Gasteiger charge is -2.12. The third-order valence-electron chi connectivity index (χ3n) is 3.02. The zero-order valence-corrected chi connectivity index (χ0v) is 12.8. The number of halogens is 2. The van der Waals surface area contributed by atoms with Crippen molar-refractivity contribution in [3.05, 3.63) is 57.6 Å². The monoisotopic (exact) mass is 314 g/mol. The van der Waals surface area contributed by atoms with E-state index in [0.717, 1.165) is 11.1 Å². The lowest BCUT2D eigenvalue weighted by atomic mass is 10.1. The Labute approximate surface area is 122 Å². The lowest BCUT2D eigenvalue weighted by Crippen LogP contribution is -2.04. The molecule has 2 nitrogen and oxygen atoms in total. The van der Waals surface area contributed by atoms with E-state index in [0.29, 0.717) is 0 Å². The van der Waals surface area contributed by atoms with Gasteiger partial charge in [0.25, 0.3) is 0 Å². The molecule has 0 bridgehead atoms. The van der Waals surface area contributed by atoms with Crippen LogP contribution in [0.4, 0.5) is 0 Å². The van der Waals surface area contributed by atoms with Gasteiger partial charge in [0.15, 0.2) is 0 Å². The van der Waals surface area contributed by atoms with Crippen molar-refractivity contribution in [1.29, 1.82) is 0 Å². The minimum Gasteiger partial charge on any atom is -0.218 e. The molecule has 19 heavy (non-hydrogen) atoms. The van der Waals surface area contributed by atoms with Gasteiger partial charge in [-0.25, -0.2) is 8.42 Å². The van der Waals surface area contributed by atoms with E-state index in [1.165, 1.54) is 12.1 Å². The van der Waals surface area contributed by atoms with Crippen molar-refractivity contribution in [2.45, 2.75) is 23.6 Å². The number of rotatable bonds is 2. The van der Waals surface area contributed by atoms with Crippen LogP contribution in [-0.2, 0) is 9.84 Å². The van der Waals surface area contributed by atoms with E-state index >= 15 is 0 Å². The minimum atomic E-state index is -3.65. The molecule has 0 saturated carbocycles. The van der Waals surface area contributed by atoms with Crippen LogP contribution in [0, 0.1) is 13.8 Å². The highest BCUT2D eigenvalue weighted by atomic mass is 35.5. The van der Waals surface area contributed by atoms with Crippen LogP contribution < -0.4 is 0 Å². The Morgan fingerprint density at radius 3 is 2.11 bits per heavy atom. The molecule has 0 aliphatic carbocycles. The zero-order chi connectivity index (χ0) is 14.2. The molecular weight excluding hydrogens is 303 g/mol. The van der Waals surface area contributed by atoms with E-state index in [-0.39, 0.29) is 19.8 Å². The van der Waals surface area contributed by atoms with Crippen LogP contribution in [0.5, 0.6) is 0 Å². The first kappa shape index (κ1) is 14.4. The van der Waals surface area contributed by atoms with Crippen LogP contribution in [0.2, 0.25) is 10.0 Å². The maximum Gasteiger partial charge on any atom is 0.208 e. The average molecular weight is 315 g/mol. The third kappa shape index (κ3) is 2.50. The summed E-state index contributed by atoms with van der Waals surface area (Å²) in [4.78, 5) is 0.254. The Morgan fingerprint density at radius 1 is 0.947 bits per heavy atom. The second-order valence-corrected chi connectivity index (χ2v) is 6.94. The van der Waals surface area contributed by atoms with Crippen LogP contribution >= 0.6 is 23.2 Å². The van der Waals surface area contributed by atoms with Crippen molar-refractivity contribution in [2.24, 2.45) is 0 Å². The molecule has 2 aromatic carbocycles. The number of sulfone groups is 1. The van der Waals surface area contributed by atoms with Gasteiger partial charge < -0.3 is 0 Å². The Bertz CT molecular complexity index is 723. The van der Waals surface area contributed by atoms with Gasteiger partial charge in [0.1, 0.15) is 0 Å². The summed E-state index contributed by atoms with van der Waals surface area (Å²) in [5.41, 5.74) is 1.59. The molecule has 2 aromatic rings. The molecule has 0 amide bonds. The third-order valence-corrected chi connectivity index (χ3v) is 5.89. The lowest BCUT2D eigenvalue weighted by molar-refractivity contribution is 0.596. The molecule has 0 unspecified atom stereocenters. The molecule has 0 aromatic heterocycles. The number of hydrogen-bond donors (Lipinski definition) is 0. The molecule has 2 rings (SSSR count). The average Bonchev–Trinajstić information content (AvgIpc) is 2.41. The van der Waals surface area contributed by atoms with Gasteiger partial charge in [0, 0.05) is 0 Å². The first-order chi connectivity index (χ1) is 8.85. The molecule has 0 fully saturated rings. The van der Waals surface area contributed by atoms with Crippen LogP contribution in [0.15, 0.2) is 46.2 Å². The van der Waals surface area contributed by atoms with Crippen LogP contribution in [-0.4, -0.2) is 8.42 Å². The maximum absolute atomic E-state index is 12.5. The van der Waals surface area contributed by atoms with E-state index < -0.39 is 9.84 Å². The fraction of sp³-hybridized carbons (Fsp3) is 0.143. The maximum atomic E-state index is 12.5. The standard InChI is InChI=1S/C14H12Cl2O2S/c1-9-8-12(14(16)13(15)10(9)2)19(17,18)11-6-4-3-5-7-11/h3-8H,1-2H3. The molecule has 0 saturated heterocycles. The Balaban J connectivity index is 2.73. The summed E-state index contributed by atoms with van der Waals surface area (Å²) >= 11 is 12.2. The Hall–Kier alpha value is -1.03. The van der Waals surface area contributed by atoms with E-state index in [1.54, 1.807) is 24.3 Å². The molecule has 0 aliphatic rings. The van der Waals surface area contributed by atoms with Crippen molar-refractivity contribution >= 4 is 33.0 Å². The quantitative estimate of drug-likeness (QED) is 0.821. The SMILES string of the molecule is Cc1cc(S(=O)(=O)c2ccccc2)c(Cl)c(Cl)c1C. The number of aryl methyl sites for hydroxylation is 1. The Morgan fingerprint density at radius 2 is 1.53 bits per heavy atom.